The standard InChI is InChI=1S/C18H30N2O/c1-15(2)21-18-9-6-7-16(13-18)14-20-12-5-4-8-17(20)10-11-19-3/h6-7,9,13,15,17,19H,4-5,8,10-12,14H2,1-3H3. The summed E-state index contributed by atoms with van der Waals surface area (Å²) in [5, 5.41) is 3.28. The molecule has 1 aliphatic heterocycles. The van der Waals surface area contributed by atoms with Gasteiger partial charge in [-0.3, -0.25) is 4.90 Å². The van der Waals surface area contributed by atoms with E-state index in [-0.39, 0.29) is 6.10 Å². The van der Waals surface area contributed by atoms with E-state index in [9.17, 15) is 0 Å². The number of rotatable bonds is 7. The lowest BCUT2D eigenvalue weighted by Crippen LogP contribution is -2.40. The highest BCUT2D eigenvalue weighted by Gasteiger charge is 2.21. The second-order valence-electron chi connectivity index (χ2n) is 6.33. The molecule has 2 rings (SSSR count). The molecule has 0 spiro atoms. The van der Waals surface area contributed by atoms with Crippen molar-refractivity contribution in [3.05, 3.63) is 29.8 Å². The van der Waals surface area contributed by atoms with Crippen molar-refractivity contribution >= 4 is 0 Å². The van der Waals surface area contributed by atoms with Crippen molar-refractivity contribution in [1.29, 1.82) is 0 Å². The maximum Gasteiger partial charge on any atom is 0.120 e. The first-order chi connectivity index (χ1) is 10.2. The lowest BCUT2D eigenvalue weighted by molar-refractivity contribution is 0.132. The zero-order valence-corrected chi connectivity index (χ0v) is 13.8. The van der Waals surface area contributed by atoms with E-state index >= 15 is 0 Å². The van der Waals surface area contributed by atoms with Crippen LogP contribution >= 0.6 is 0 Å². The minimum absolute atomic E-state index is 0.235. The van der Waals surface area contributed by atoms with E-state index in [0.29, 0.717) is 0 Å². The van der Waals surface area contributed by atoms with Crippen LogP contribution in [0.15, 0.2) is 24.3 Å². The molecule has 118 valence electrons. The molecular formula is C18H30N2O. The van der Waals surface area contributed by atoms with E-state index < -0.39 is 0 Å². The van der Waals surface area contributed by atoms with Crippen molar-refractivity contribution in [1.82, 2.24) is 10.2 Å². The molecule has 1 N–H and O–H groups in total. The Hall–Kier alpha value is -1.06. The Morgan fingerprint density at radius 3 is 2.95 bits per heavy atom. The van der Waals surface area contributed by atoms with Crippen LogP contribution in [0.5, 0.6) is 5.75 Å². The Labute approximate surface area is 129 Å². The molecule has 1 unspecified atom stereocenters. The molecule has 0 aromatic heterocycles. The molecule has 0 amide bonds. The van der Waals surface area contributed by atoms with Crippen molar-refractivity contribution in [3.8, 4) is 5.75 Å². The average Bonchev–Trinajstić information content (AvgIpc) is 2.46. The predicted molar refractivity (Wildman–Crippen MR) is 88.8 cm³/mol. The van der Waals surface area contributed by atoms with E-state index in [4.69, 9.17) is 4.74 Å². The molecule has 0 saturated carbocycles. The van der Waals surface area contributed by atoms with Gasteiger partial charge in [0.25, 0.3) is 0 Å². The lowest BCUT2D eigenvalue weighted by Gasteiger charge is -2.36. The topological polar surface area (TPSA) is 24.5 Å². The van der Waals surface area contributed by atoms with Gasteiger partial charge in [0.1, 0.15) is 5.75 Å². The van der Waals surface area contributed by atoms with Gasteiger partial charge in [-0.15, -0.1) is 0 Å². The zero-order valence-electron chi connectivity index (χ0n) is 13.8. The Kier molecular flexibility index (Phi) is 6.52. The van der Waals surface area contributed by atoms with Crippen LogP contribution in [0.3, 0.4) is 0 Å². The van der Waals surface area contributed by atoms with Crippen LogP contribution in [0.25, 0.3) is 0 Å². The minimum atomic E-state index is 0.235. The summed E-state index contributed by atoms with van der Waals surface area (Å²) in [6.45, 7) is 7.53. The minimum Gasteiger partial charge on any atom is -0.491 e. The molecule has 3 heteroatoms. The van der Waals surface area contributed by atoms with Gasteiger partial charge in [0, 0.05) is 12.6 Å². The van der Waals surface area contributed by atoms with Crippen LogP contribution in [0.4, 0.5) is 0 Å². The molecule has 3 nitrogen and oxygen atoms in total. The Morgan fingerprint density at radius 1 is 1.33 bits per heavy atom. The number of hydrogen-bond donors (Lipinski definition) is 1. The number of nitrogens with one attached hydrogen (secondary N) is 1. The molecule has 1 aromatic carbocycles. The average molecular weight is 290 g/mol. The van der Waals surface area contributed by atoms with E-state index in [1.807, 2.05) is 7.05 Å². The molecule has 1 atom stereocenters. The van der Waals surface area contributed by atoms with Crippen LogP contribution < -0.4 is 10.1 Å². The van der Waals surface area contributed by atoms with E-state index in [1.54, 1.807) is 0 Å². The molecule has 1 aromatic rings. The number of hydrogen-bond acceptors (Lipinski definition) is 3. The summed E-state index contributed by atoms with van der Waals surface area (Å²) in [7, 11) is 2.04. The van der Waals surface area contributed by atoms with Crippen LogP contribution in [0, 0.1) is 0 Å². The smallest absolute Gasteiger partial charge is 0.120 e. The van der Waals surface area contributed by atoms with Crippen LogP contribution in [0.1, 0.15) is 45.1 Å². The summed E-state index contributed by atoms with van der Waals surface area (Å²) >= 11 is 0. The maximum atomic E-state index is 5.81. The highest BCUT2D eigenvalue weighted by molar-refractivity contribution is 5.28. The van der Waals surface area contributed by atoms with Gasteiger partial charge in [0.2, 0.25) is 0 Å². The maximum absolute atomic E-state index is 5.81. The summed E-state index contributed by atoms with van der Waals surface area (Å²) in [6.07, 6.45) is 5.53. The Bertz CT molecular complexity index is 419. The van der Waals surface area contributed by atoms with Gasteiger partial charge in [-0.25, -0.2) is 0 Å². The van der Waals surface area contributed by atoms with Crippen molar-refractivity contribution in [2.45, 2.75) is 58.2 Å². The number of benzene rings is 1. The first kappa shape index (κ1) is 16.3. The van der Waals surface area contributed by atoms with Crippen LogP contribution in [0.2, 0.25) is 0 Å². The van der Waals surface area contributed by atoms with Crippen molar-refractivity contribution < 1.29 is 4.74 Å². The van der Waals surface area contributed by atoms with Gasteiger partial charge >= 0.3 is 0 Å². The third-order valence-corrected chi connectivity index (χ3v) is 4.13. The SMILES string of the molecule is CNCCC1CCCCN1Cc1cccc(OC(C)C)c1. The largest absolute Gasteiger partial charge is 0.491 e. The zero-order chi connectivity index (χ0) is 15.1. The summed E-state index contributed by atoms with van der Waals surface area (Å²) in [6, 6.07) is 9.30. The van der Waals surface area contributed by atoms with E-state index in [1.165, 1.54) is 37.8 Å². The summed E-state index contributed by atoms with van der Waals surface area (Å²) in [5.41, 5.74) is 1.37. The fraction of sp³-hybridized carbons (Fsp3) is 0.667. The fourth-order valence-electron chi connectivity index (χ4n) is 3.13. The molecular weight excluding hydrogens is 260 g/mol. The summed E-state index contributed by atoms with van der Waals surface area (Å²) in [4.78, 5) is 2.65. The predicted octanol–water partition coefficient (Wildman–Crippen LogP) is 3.44. The molecule has 21 heavy (non-hydrogen) atoms. The van der Waals surface area contributed by atoms with Gasteiger partial charge in [0.05, 0.1) is 6.10 Å². The Balaban J connectivity index is 1.97. The molecule has 0 bridgehead atoms. The highest BCUT2D eigenvalue weighted by atomic mass is 16.5. The Morgan fingerprint density at radius 2 is 2.19 bits per heavy atom. The lowest BCUT2D eigenvalue weighted by atomic mass is 9.98. The third kappa shape index (κ3) is 5.33. The number of nitrogens with zero attached hydrogens (tertiary/aromatic N) is 1. The third-order valence-electron chi connectivity index (χ3n) is 4.13. The van der Waals surface area contributed by atoms with Crippen LogP contribution in [-0.2, 0) is 6.54 Å². The number of ether oxygens (including phenoxy) is 1. The summed E-state index contributed by atoms with van der Waals surface area (Å²) < 4.78 is 5.81. The molecule has 0 aliphatic carbocycles. The van der Waals surface area contributed by atoms with E-state index in [2.05, 4.69) is 48.3 Å². The van der Waals surface area contributed by atoms with Crippen molar-refractivity contribution in [2.75, 3.05) is 20.1 Å². The highest BCUT2D eigenvalue weighted by Crippen LogP contribution is 2.23. The molecule has 1 aliphatic rings. The second kappa shape index (κ2) is 8.40. The first-order valence-electron chi connectivity index (χ1n) is 8.33. The normalized spacial score (nSPS) is 19.9. The fourth-order valence-corrected chi connectivity index (χ4v) is 3.13. The second-order valence-corrected chi connectivity index (χ2v) is 6.33. The quantitative estimate of drug-likeness (QED) is 0.832. The molecule has 0 radical (unpaired) electrons. The van der Waals surface area contributed by atoms with Gasteiger partial charge in [-0.2, -0.15) is 0 Å². The van der Waals surface area contributed by atoms with Crippen LogP contribution in [-0.4, -0.2) is 37.2 Å². The van der Waals surface area contributed by atoms with Gasteiger partial charge in [-0.05, 0) is 70.9 Å². The number of likely N-dealkylation sites (tertiary alicyclic amines) is 1. The summed E-state index contributed by atoms with van der Waals surface area (Å²) in [5.74, 6) is 0.992. The van der Waals surface area contributed by atoms with Crippen molar-refractivity contribution in [3.63, 3.8) is 0 Å². The van der Waals surface area contributed by atoms with Gasteiger partial charge in [-0.1, -0.05) is 18.6 Å². The van der Waals surface area contributed by atoms with Gasteiger partial charge in [0.15, 0.2) is 0 Å². The monoisotopic (exact) mass is 290 g/mol. The molecule has 1 heterocycles. The van der Waals surface area contributed by atoms with E-state index in [0.717, 1.165) is 24.9 Å². The number of piperidine rings is 1. The molecule has 1 fully saturated rings. The molecule has 1 saturated heterocycles. The first-order valence-corrected chi connectivity index (χ1v) is 8.33. The van der Waals surface area contributed by atoms with Gasteiger partial charge < -0.3 is 10.1 Å². The van der Waals surface area contributed by atoms with Crippen molar-refractivity contribution in [2.24, 2.45) is 0 Å².